The summed E-state index contributed by atoms with van der Waals surface area (Å²) in [4.78, 5) is 4.67. The summed E-state index contributed by atoms with van der Waals surface area (Å²) in [6.45, 7) is 5.01. The maximum Gasteiger partial charge on any atom is 0.119 e. The van der Waals surface area contributed by atoms with Gasteiger partial charge in [0.1, 0.15) is 5.75 Å². The number of pyridine rings is 1. The van der Waals surface area contributed by atoms with Crippen molar-refractivity contribution in [2.75, 3.05) is 6.61 Å². The number of aliphatic hydroxyl groups is 1. The topological polar surface area (TPSA) is 42.4 Å². The average Bonchev–Trinajstić information content (AvgIpc) is 2.79. The predicted octanol–water partition coefficient (Wildman–Crippen LogP) is 7.75. The molecular weight excluding hydrogens is 382 g/mol. The minimum Gasteiger partial charge on any atom is -0.494 e. The van der Waals surface area contributed by atoms with Crippen LogP contribution in [-0.2, 0) is 6.42 Å². The van der Waals surface area contributed by atoms with Crippen LogP contribution in [0.25, 0.3) is 11.3 Å². The fourth-order valence-corrected chi connectivity index (χ4v) is 3.91. The number of hydrogen-bond acceptors (Lipinski definition) is 3. The van der Waals surface area contributed by atoms with E-state index in [9.17, 15) is 5.11 Å². The number of aromatic nitrogens is 1. The van der Waals surface area contributed by atoms with Gasteiger partial charge < -0.3 is 9.84 Å². The van der Waals surface area contributed by atoms with Gasteiger partial charge in [0.05, 0.1) is 18.4 Å². The van der Waals surface area contributed by atoms with Gasteiger partial charge in [-0.1, -0.05) is 71.3 Å². The molecule has 0 unspecified atom stereocenters. The maximum atomic E-state index is 9.77. The highest BCUT2D eigenvalue weighted by atomic mass is 16.5. The molecule has 0 aliphatic rings. The van der Waals surface area contributed by atoms with Gasteiger partial charge >= 0.3 is 0 Å². The standard InChI is InChI=1S/C28H43NO2/c1-3-5-6-7-8-9-10-11-14-24-16-21-28(29-23-24)25-17-19-27(20-18-25)31-22-12-15-26(30)13-4-2/h16-21,23,26,30H,3-15,22H2,1-2H3/t26-/m0/s1. The molecule has 3 nitrogen and oxygen atoms in total. The highest BCUT2D eigenvalue weighted by Gasteiger charge is 2.04. The summed E-state index contributed by atoms with van der Waals surface area (Å²) >= 11 is 0. The van der Waals surface area contributed by atoms with Crippen LogP contribution in [0.5, 0.6) is 5.75 Å². The molecule has 2 rings (SSSR count). The lowest BCUT2D eigenvalue weighted by atomic mass is 10.0. The van der Waals surface area contributed by atoms with E-state index >= 15 is 0 Å². The maximum absolute atomic E-state index is 9.77. The van der Waals surface area contributed by atoms with E-state index in [-0.39, 0.29) is 6.10 Å². The fourth-order valence-electron chi connectivity index (χ4n) is 3.91. The zero-order chi connectivity index (χ0) is 22.2. The first-order valence-corrected chi connectivity index (χ1v) is 12.6. The lowest BCUT2D eigenvalue weighted by Gasteiger charge is -2.10. The van der Waals surface area contributed by atoms with Crippen molar-refractivity contribution in [2.24, 2.45) is 0 Å². The van der Waals surface area contributed by atoms with Crippen LogP contribution in [0, 0.1) is 0 Å². The van der Waals surface area contributed by atoms with Gasteiger partial charge in [0, 0.05) is 11.8 Å². The molecule has 2 aromatic rings. The SMILES string of the molecule is CCCCCCCCCCc1ccc(-c2ccc(OCCC[C@@H](O)CCC)cc2)nc1. The van der Waals surface area contributed by atoms with E-state index in [0.717, 1.165) is 49.1 Å². The van der Waals surface area contributed by atoms with Gasteiger partial charge in [-0.25, -0.2) is 0 Å². The highest BCUT2D eigenvalue weighted by Crippen LogP contribution is 2.22. The number of aliphatic hydroxyl groups excluding tert-OH is 1. The molecule has 1 aromatic heterocycles. The van der Waals surface area contributed by atoms with Crippen molar-refractivity contribution < 1.29 is 9.84 Å². The van der Waals surface area contributed by atoms with Gasteiger partial charge in [-0.2, -0.15) is 0 Å². The summed E-state index contributed by atoms with van der Waals surface area (Å²) in [5, 5.41) is 9.77. The molecular formula is C28H43NO2. The van der Waals surface area contributed by atoms with Gasteiger partial charge in [-0.05, 0) is 68.0 Å². The number of hydrogen-bond donors (Lipinski definition) is 1. The molecule has 0 fully saturated rings. The average molecular weight is 426 g/mol. The minimum atomic E-state index is -0.194. The van der Waals surface area contributed by atoms with Crippen molar-refractivity contribution in [3.05, 3.63) is 48.2 Å². The summed E-state index contributed by atoms with van der Waals surface area (Å²) in [6, 6.07) is 12.5. The third-order valence-corrected chi connectivity index (χ3v) is 5.87. The Morgan fingerprint density at radius 2 is 1.48 bits per heavy atom. The van der Waals surface area contributed by atoms with Crippen LogP contribution in [0.4, 0.5) is 0 Å². The summed E-state index contributed by atoms with van der Waals surface area (Å²) in [7, 11) is 0. The zero-order valence-electron chi connectivity index (χ0n) is 19.8. The van der Waals surface area contributed by atoms with Crippen molar-refractivity contribution in [1.82, 2.24) is 4.98 Å². The Labute approximate surface area is 190 Å². The third-order valence-electron chi connectivity index (χ3n) is 5.87. The van der Waals surface area contributed by atoms with Gasteiger partial charge in [0.25, 0.3) is 0 Å². The number of benzene rings is 1. The molecule has 1 heterocycles. The van der Waals surface area contributed by atoms with E-state index < -0.39 is 0 Å². The lowest BCUT2D eigenvalue weighted by molar-refractivity contribution is 0.142. The van der Waals surface area contributed by atoms with Crippen molar-refractivity contribution >= 4 is 0 Å². The Hall–Kier alpha value is -1.87. The lowest BCUT2D eigenvalue weighted by Crippen LogP contribution is -2.08. The largest absolute Gasteiger partial charge is 0.494 e. The van der Waals surface area contributed by atoms with E-state index in [1.54, 1.807) is 0 Å². The van der Waals surface area contributed by atoms with E-state index in [1.807, 2.05) is 18.3 Å². The van der Waals surface area contributed by atoms with Crippen LogP contribution < -0.4 is 4.74 Å². The molecule has 0 aliphatic heterocycles. The second kappa shape index (κ2) is 15.9. The number of ether oxygens (including phenoxy) is 1. The third kappa shape index (κ3) is 10.8. The Morgan fingerprint density at radius 3 is 2.13 bits per heavy atom. The minimum absolute atomic E-state index is 0.194. The van der Waals surface area contributed by atoms with Crippen LogP contribution in [0.1, 0.15) is 96.5 Å². The Morgan fingerprint density at radius 1 is 0.774 bits per heavy atom. The highest BCUT2D eigenvalue weighted by molar-refractivity contribution is 5.60. The first-order valence-electron chi connectivity index (χ1n) is 12.6. The van der Waals surface area contributed by atoms with Crippen molar-refractivity contribution in [3.63, 3.8) is 0 Å². The van der Waals surface area contributed by atoms with E-state index in [1.165, 1.54) is 56.9 Å². The number of aryl methyl sites for hydroxylation is 1. The fraction of sp³-hybridized carbons (Fsp3) is 0.607. The zero-order valence-corrected chi connectivity index (χ0v) is 19.8. The smallest absolute Gasteiger partial charge is 0.119 e. The Kier molecular flexibility index (Phi) is 13.0. The summed E-state index contributed by atoms with van der Waals surface area (Å²) < 4.78 is 5.80. The van der Waals surface area contributed by atoms with Crippen LogP contribution in [-0.4, -0.2) is 22.8 Å². The number of rotatable bonds is 17. The predicted molar refractivity (Wildman–Crippen MR) is 132 cm³/mol. The summed E-state index contributed by atoms with van der Waals surface area (Å²) in [5.74, 6) is 0.875. The summed E-state index contributed by atoms with van der Waals surface area (Å²) in [6.07, 6.45) is 17.4. The van der Waals surface area contributed by atoms with Crippen LogP contribution in [0.15, 0.2) is 42.6 Å². The first-order chi connectivity index (χ1) is 15.2. The normalized spacial score (nSPS) is 12.1. The molecule has 1 N–H and O–H groups in total. The van der Waals surface area contributed by atoms with E-state index in [0.29, 0.717) is 6.61 Å². The van der Waals surface area contributed by atoms with Gasteiger partial charge in [-0.15, -0.1) is 0 Å². The van der Waals surface area contributed by atoms with E-state index in [4.69, 9.17) is 4.74 Å². The molecule has 0 spiro atoms. The molecule has 1 atom stereocenters. The molecule has 31 heavy (non-hydrogen) atoms. The molecule has 0 amide bonds. The van der Waals surface area contributed by atoms with Gasteiger partial charge in [0.2, 0.25) is 0 Å². The molecule has 0 saturated heterocycles. The Balaban J connectivity index is 1.66. The first kappa shape index (κ1) is 25.4. The van der Waals surface area contributed by atoms with Crippen LogP contribution in [0.2, 0.25) is 0 Å². The second-order valence-electron chi connectivity index (χ2n) is 8.73. The van der Waals surface area contributed by atoms with Crippen LogP contribution in [0.3, 0.4) is 0 Å². The molecule has 0 saturated carbocycles. The number of unbranched alkanes of at least 4 members (excludes halogenated alkanes) is 7. The van der Waals surface area contributed by atoms with Gasteiger partial charge in [0.15, 0.2) is 0 Å². The summed E-state index contributed by atoms with van der Waals surface area (Å²) in [5.41, 5.74) is 3.46. The molecule has 0 bridgehead atoms. The molecule has 3 heteroatoms. The Bertz CT molecular complexity index is 681. The molecule has 0 aliphatic carbocycles. The number of nitrogens with zero attached hydrogens (tertiary/aromatic N) is 1. The van der Waals surface area contributed by atoms with E-state index in [2.05, 4.69) is 43.1 Å². The van der Waals surface area contributed by atoms with Crippen LogP contribution >= 0.6 is 0 Å². The second-order valence-corrected chi connectivity index (χ2v) is 8.73. The quantitative estimate of drug-likeness (QED) is 0.263. The monoisotopic (exact) mass is 425 g/mol. The van der Waals surface area contributed by atoms with Crippen molar-refractivity contribution in [3.8, 4) is 17.0 Å². The molecule has 172 valence electrons. The molecule has 0 radical (unpaired) electrons. The van der Waals surface area contributed by atoms with Gasteiger partial charge in [-0.3, -0.25) is 4.98 Å². The van der Waals surface area contributed by atoms with Crippen molar-refractivity contribution in [1.29, 1.82) is 0 Å². The van der Waals surface area contributed by atoms with Crippen molar-refractivity contribution in [2.45, 2.75) is 103 Å². The molecule has 1 aromatic carbocycles.